The van der Waals surface area contributed by atoms with Crippen LogP contribution >= 0.6 is 0 Å². The molecule has 0 bridgehead atoms. The molecule has 0 unspecified atom stereocenters. The minimum atomic E-state index is 0.437. The van der Waals surface area contributed by atoms with Crippen molar-refractivity contribution in [3.63, 3.8) is 0 Å². The summed E-state index contributed by atoms with van der Waals surface area (Å²) in [6.07, 6.45) is 7.20. The molecule has 0 aromatic carbocycles. The predicted octanol–water partition coefficient (Wildman–Crippen LogP) is 3.29. The van der Waals surface area contributed by atoms with E-state index in [4.69, 9.17) is 5.41 Å². The smallest absolute Gasteiger partial charge is 0.0244 e. The molecule has 2 heteroatoms. The first kappa shape index (κ1) is 13.7. The molecule has 0 aliphatic heterocycles. The van der Waals surface area contributed by atoms with Gasteiger partial charge in [0.25, 0.3) is 0 Å². The van der Waals surface area contributed by atoms with Crippen molar-refractivity contribution in [2.75, 3.05) is 0 Å². The molecule has 0 saturated heterocycles. The van der Waals surface area contributed by atoms with Gasteiger partial charge in [-0.3, -0.25) is 0 Å². The van der Waals surface area contributed by atoms with E-state index < -0.39 is 0 Å². The molecule has 0 aromatic heterocycles. The summed E-state index contributed by atoms with van der Waals surface area (Å²) in [7, 11) is 0. The number of hydrogen-bond donors (Lipinski definition) is 2. The Kier molecular flexibility index (Phi) is 6.43. The second kappa shape index (κ2) is 7.04. The third kappa shape index (κ3) is 6.72. The molecule has 2 nitrogen and oxygen atoms in total. The van der Waals surface area contributed by atoms with Crippen molar-refractivity contribution in [1.29, 1.82) is 5.41 Å². The first-order chi connectivity index (χ1) is 6.97. The minimum absolute atomic E-state index is 0.437. The average molecular weight is 206 g/mol. The van der Waals surface area contributed by atoms with E-state index in [0.29, 0.717) is 12.0 Å². The van der Waals surface area contributed by atoms with Gasteiger partial charge >= 0.3 is 0 Å². The Morgan fingerprint density at radius 2 is 1.87 bits per heavy atom. The van der Waals surface area contributed by atoms with Crippen LogP contribution in [0.3, 0.4) is 0 Å². The second-order valence-corrected chi connectivity index (χ2v) is 4.17. The molecule has 0 atom stereocenters. The van der Waals surface area contributed by atoms with Crippen molar-refractivity contribution in [3.8, 4) is 0 Å². The van der Waals surface area contributed by atoms with E-state index in [0.717, 1.165) is 5.57 Å². The maximum atomic E-state index is 7.08. The highest BCUT2D eigenvalue weighted by molar-refractivity contribution is 5.79. The largest absolute Gasteiger partial charge is 0.389 e. The summed E-state index contributed by atoms with van der Waals surface area (Å²) in [4.78, 5) is 0. The van der Waals surface area contributed by atoms with Gasteiger partial charge in [-0.2, -0.15) is 0 Å². The van der Waals surface area contributed by atoms with Crippen LogP contribution in [0.1, 0.15) is 27.7 Å². The molecule has 15 heavy (non-hydrogen) atoms. The summed E-state index contributed by atoms with van der Waals surface area (Å²) in [6.45, 7) is 12.2. The summed E-state index contributed by atoms with van der Waals surface area (Å²) in [5, 5.41) is 10.3. The highest BCUT2D eigenvalue weighted by Gasteiger charge is 1.99. The Hall–Kier alpha value is -1.31. The van der Waals surface area contributed by atoms with Gasteiger partial charge in [-0.25, -0.2) is 0 Å². The first-order valence-corrected chi connectivity index (χ1v) is 5.31. The zero-order valence-corrected chi connectivity index (χ0v) is 10.2. The lowest BCUT2D eigenvalue weighted by Gasteiger charge is -2.08. The number of nitrogens with one attached hydrogen (secondary N) is 2. The van der Waals surface area contributed by atoms with Crippen LogP contribution in [-0.4, -0.2) is 12.3 Å². The molecule has 0 aliphatic rings. The maximum absolute atomic E-state index is 7.08. The second-order valence-electron chi connectivity index (χ2n) is 4.17. The zero-order chi connectivity index (χ0) is 11.8. The molecule has 0 aromatic rings. The van der Waals surface area contributed by atoms with Crippen LogP contribution in [0.2, 0.25) is 0 Å². The van der Waals surface area contributed by atoms with E-state index in [1.54, 1.807) is 0 Å². The molecule has 0 rings (SSSR count). The fourth-order valence-corrected chi connectivity index (χ4v) is 1.000. The van der Waals surface area contributed by atoms with E-state index in [2.05, 4.69) is 39.6 Å². The van der Waals surface area contributed by atoms with Gasteiger partial charge in [0.05, 0.1) is 0 Å². The Morgan fingerprint density at radius 1 is 1.27 bits per heavy atom. The van der Waals surface area contributed by atoms with Crippen LogP contribution in [0.4, 0.5) is 0 Å². The number of allylic oxidation sites excluding steroid dienone is 4. The molecule has 0 spiro atoms. The lowest BCUT2D eigenvalue weighted by Crippen LogP contribution is -2.15. The molecule has 0 amide bonds. The number of rotatable bonds is 6. The normalized spacial score (nSPS) is 12.5. The van der Waals surface area contributed by atoms with Gasteiger partial charge in [-0.15, -0.1) is 0 Å². The Morgan fingerprint density at radius 3 is 2.27 bits per heavy atom. The van der Waals surface area contributed by atoms with Crippen LogP contribution in [0.25, 0.3) is 0 Å². The first-order valence-electron chi connectivity index (χ1n) is 5.31. The molecule has 0 heterocycles. The monoisotopic (exact) mass is 206 g/mol. The lowest BCUT2D eigenvalue weighted by molar-refractivity contribution is 0.699. The molecule has 0 aliphatic carbocycles. The van der Waals surface area contributed by atoms with Crippen molar-refractivity contribution >= 4 is 6.21 Å². The highest BCUT2D eigenvalue weighted by atomic mass is 14.9. The maximum Gasteiger partial charge on any atom is 0.0244 e. The predicted molar refractivity (Wildman–Crippen MR) is 68.3 cm³/mol. The zero-order valence-electron chi connectivity index (χ0n) is 10.2. The van der Waals surface area contributed by atoms with Gasteiger partial charge in [0, 0.05) is 12.3 Å². The Balaban J connectivity index is 4.54. The van der Waals surface area contributed by atoms with E-state index in [1.165, 1.54) is 11.8 Å². The fraction of sp³-hybridized carbons (Fsp3) is 0.462. The van der Waals surface area contributed by atoms with Gasteiger partial charge < -0.3 is 10.7 Å². The summed E-state index contributed by atoms with van der Waals surface area (Å²) >= 11 is 0. The van der Waals surface area contributed by atoms with Crippen LogP contribution in [0, 0.1) is 11.3 Å². The molecule has 84 valence electrons. The van der Waals surface area contributed by atoms with Crippen molar-refractivity contribution in [1.82, 2.24) is 5.32 Å². The molecular formula is C13H22N2. The van der Waals surface area contributed by atoms with Crippen molar-refractivity contribution in [3.05, 3.63) is 36.1 Å². The average Bonchev–Trinajstić information content (AvgIpc) is 2.15. The van der Waals surface area contributed by atoms with Crippen LogP contribution in [-0.2, 0) is 0 Å². The lowest BCUT2D eigenvalue weighted by atomic mass is 10.0. The standard InChI is InChI=1S/C13H22N2/c1-10(2)13(8-12(5)9-14)6-7-15-11(3)4/h6-11,14-15H,5H2,1-4H3/b7-6-,13-8+,14-9?. The van der Waals surface area contributed by atoms with Crippen molar-refractivity contribution < 1.29 is 0 Å². The summed E-state index contributed by atoms with van der Waals surface area (Å²) in [5.74, 6) is 0.437. The van der Waals surface area contributed by atoms with Gasteiger partial charge in [-0.05, 0) is 43.2 Å². The molecule has 0 radical (unpaired) electrons. The van der Waals surface area contributed by atoms with Gasteiger partial charge in [0.15, 0.2) is 0 Å². The minimum Gasteiger partial charge on any atom is -0.389 e. The van der Waals surface area contributed by atoms with Gasteiger partial charge in [-0.1, -0.05) is 26.5 Å². The van der Waals surface area contributed by atoms with E-state index in [9.17, 15) is 0 Å². The van der Waals surface area contributed by atoms with Gasteiger partial charge in [0.1, 0.15) is 0 Å². The summed E-state index contributed by atoms with van der Waals surface area (Å²) in [6, 6.07) is 0.445. The van der Waals surface area contributed by atoms with Crippen LogP contribution in [0.15, 0.2) is 36.1 Å². The Labute approximate surface area is 93.3 Å². The number of hydrogen-bond acceptors (Lipinski definition) is 2. The highest BCUT2D eigenvalue weighted by Crippen LogP contribution is 2.12. The molecular weight excluding hydrogens is 184 g/mol. The fourth-order valence-electron chi connectivity index (χ4n) is 1.000. The quantitative estimate of drug-likeness (QED) is 0.507. The van der Waals surface area contributed by atoms with E-state index in [-0.39, 0.29) is 0 Å². The van der Waals surface area contributed by atoms with Crippen LogP contribution < -0.4 is 5.32 Å². The topological polar surface area (TPSA) is 35.9 Å². The summed E-state index contributed by atoms with van der Waals surface area (Å²) in [5.41, 5.74) is 1.91. The molecule has 0 fully saturated rings. The van der Waals surface area contributed by atoms with Crippen molar-refractivity contribution in [2.45, 2.75) is 33.7 Å². The Bertz CT molecular complexity index is 270. The van der Waals surface area contributed by atoms with E-state index in [1.807, 2.05) is 18.4 Å². The third-order valence-electron chi connectivity index (χ3n) is 1.91. The molecule has 2 N–H and O–H groups in total. The van der Waals surface area contributed by atoms with Crippen LogP contribution in [0.5, 0.6) is 0 Å². The SMILES string of the molecule is C=C(C=N)/C=C(\C=C/NC(C)C)C(C)C. The summed E-state index contributed by atoms with van der Waals surface area (Å²) < 4.78 is 0. The van der Waals surface area contributed by atoms with Crippen molar-refractivity contribution in [2.24, 2.45) is 5.92 Å². The van der Waals surface area contributed by atoms with E-state index >= 15 is 0 Å². The van der Waals surface area contributed by atoms with Gasteiger partial charge in [0.2, 0.25) is 0 Å². The molecule has 0 saturated carbocycles. The third-order valence-corrected chi connectivity index (χ3v) is 1.91.